The molecule has 6 heteroatoms. The van der Waals surface area contributed by atoms with Crippen LogP contribution in [0.3, 0.4) is 0 Å². The Morgan fingerprint density at radius 3 is 2.29 bits per heavy atom. The van der Waals surface area contributed by atoms with E-state index in [1.165, 1.54) is 24.3 Å². The third-order valence-electron chi connectivity index (χ3n) is 2.85. The Balaban J connectivity index is 2.20. The molecule has 0 bridgehead atoms. The van der Waals surface area contributed by atoms with Crippen LogP contribution in [0.4, 0.5) is 13.2 Å². The highest BCUT2D eigenvalue weighted by Crippen LogP contribution is 2.26. The monoisotopic (exact) mass is 292 g/mol. The zero-order valence-corrected chi connectivity index (χ0v) is 10.8. The zero-order valence-electron chi connectivity index (χ0n) is 10.8. The fourth-order valence-corrected chi connectivity index (χ4v) is 1.87. The molecule has 0 radical (unpaired) electrons. The van der Waals surface area contributed by atoms with Crippen LogP contribution in [-0.4, -0.2) is 6.36 Å². The topological polar surface area (TPSA) is 59.0 Å². The standard InChI is InChI=1S/C15H11F3N2O/c16-15(17,18)21-13-6-4-11(5-7-13)14(20)12-3-1-2-10(8-12)9-19/h1-8,14H,20H2/t14-/m0/s1. The van der Waals surface area contributed by atoms with Gasteiger partial charge in [0, 0.05) is 0 Å². The molecule has 0 aliphatic carbocycles. The molecule has 108 valence electrons. The third-order valence-corrected chi connectivity index (χ3v) is 2.85. The van der Waals surface area contributed by atoms with Gasteiger partial charge in [0.25, 0.3) is 0 Å². The molecule has 2 aromatic rings. The van der Waals surface area contributed by atoms with Crippen molar-refractivity contribution in [3.05, 3.63) is 65.2 Å². The summed E-state index contributed by atoms with van der Waals surface area (Å²) in [6.07, 6.45) is -4.72. The maximum atomic E-state index is 12.1. The predicted molar refractivity (Wildman–Crippen MR) is 70.3 cm³/mol. The first-order valence-corrected chi connectivity index (χ1v) is 6.00. The number of hydrogen-bond acceptors (Lipinski definition) is 3. The highest BCUT2D eigenvalue weighted by atomic mass is 19.4. The summed E-state index contributed by atoms with van der Waals surface area (Å²) < 4.78 is 40.0. The fourth-order valence-electron chi connectivity index (χ4n) is 1.87. The van der Waals surface area contributed by atoms with E-state index in [1.807, 2.05) is 6.07 Å². The van der Waals surface area contributed by atoms with Gasteiger partial charge in [-0.1, -0.05) is 24.3 Å². The van der Waals surface area contributed by atoms with Crippen LogP contribution in [0.25, 0.3) is 0 Å². The van der Waals surface area contributed by atoms with Gasteiger partial charge < -0.3 is 10.5 Å². The molecule has 0 saturated heterocycles. The number of rotatable bonds is 3. The first-order chi connectivity index (χ1) is 9.89. The van der Waals surface area contributed by atoms with E-state index < -0.39 is 12.4 Å². The van der Waals surface area contributed by atoms with Crippen molar-refractivity contribution in [1.29, 1.82) is 5.26 Å². The average molecular weight is 292 g/mol. The van der Waals surface area contributed by atoms with Gasteiger partial charge in [-0.15, -0.1) is 13.2 Å². The van der Waals surface area contributed by atoms with Crippen LogP contribution >= 0.6 is 0 Å². The Kier molecular flexibility index (Phi) is 4.15. The summed E-state index contributed by atoms with van der Waals surface area (Å²) >= 11 is 0. The number of hydrogen-bond donors (Lipinski definition) is 1. The average Bonchev–Trinajstić information content (AvgIpc) is 2.46. The molecule has 21 heavy (non-hydrogen) atoms. The molecule has 0 fully saturated rings. The molecule has 0 unspecified atom stereocenters. The van der Waals surface area contributed by atoms with Crippen molar-refractivity contribution >= 4 is 0 Å². The van der Waals surface area contributed by atoms with Gasteiger partial charge in [0.2, 0.25) is 0 Å². The maximum absolute atomic E-state index is 12.1. The van der Waals surface area contributed by atoms with E-state index in [0.29, 0.717) is 16.7 Å². The molecule has 0 aromatic heterocycles. The van der Waals surface area contributed by atoms with E-state index in [0.717, 1.165) is 0 Å². The van der Waals surface area contributed by atoms with Crippen LogP contribution in [0.1, 0.15) is 22.7 Å². The Labute approximate surface area is 119 Å². The summed E-state index contributed by atoms with van der Waals surface area (Å²) in [5.41, 5.74) is 7.85. The van der Waals surface area contributed by atoms with E-state index in [9.17, 15) is 13.2 Å². The highest BCUT2D eigenvalue weighted by molar-refractivity contribution is 5.39. The molecule has 0 amide bonds. The van der Waals surface area contributed by atoms with E-state index in [4.69, 9.17) is 11.0 Å². The molecular weight excluding hydrogens is 281 g/mol. The minimum atomic E-state index is -4.72. The maximum Gasteiger partial charge on any atom is 0.573 e. The van der Waals surface area contributed by atoms with Crippen molar-refractivity contribution in [3.63, 3.8) is 0 Å². The lowest BCUT2D eigenvalue weighted by Crippen LogP contribution is -2.17. The molecule has 2 N–H and O–H groups in total. The zero-order chi connectivity index (χ0) is 15.5. The van der Waals surface area contributed by atoms with Gasteiger partial charge in [0.15, 0.2) is 0 Å². The lowest BCUT2D eigenvalue weighted by atomic mass is 9.98. The van der Waals surface area contributed by atoms with Gasteiger partial charge in [0.05, 0.1) is 17.7 Å². The fraction of sp³-hybridized carbons (Fsp3) is 0.133. The van der Waals surface area contributed by atoms with Gasteiger partial charge in [-0.25, -0.2) is 0 Å². The quantitative estimate of drug-likeness (QED) is 0.941. The van der Waals surface area contributed by atoms with E-state index >= 15 is 0 Å². The Morgan fingerprint density at radius 2 is 1.71 bits per heavy atom. The van der Waals surface area contributed by atoms with Gasteiger partial charge in [-0.2, -0.15) is 5.26 Å². The third kappa shape index (κ3) is 3.97. The predicted octanol–water partition coefficient (Wildman–Crippen LogP) is 3.50. The van der Waals surface area contributed by atoms with E-state index in [2.05, 4.69) is 4.74 Å². The molecular formula is C15H11F3N2O. The van der Waals surface area contributed by atoms with Crippen molar-refractivity contribution in [2.75, 3.05) is 0 Å². The number of nitrogens with two attached hydrogens (primary N) is 1. The largest absolute Gasteiger partial charge is 0.573 e. The number of halogens is 3. The number of nitrogens with zero attached hydrogens (tertiary/aromatic N) is 1. The Hall–Kier alpha value is -2.52. The lowest BCUT2D eigenvalue weighted by Gasteiger charge is -2.14. The molecule has 2 aromatic carbocycles. The number of alkyl halides is 3. The highest BCUT2D eigenvalue weighted by Gasteiger charge is 2.31. The van der Waals surface area contributed by atoms with Gasteiger partial charge >= 0.3 is 6.36 Å². The van der Waals surface area contributed by atoms with Crippen molar-refractivity contribution < 1.29 is 17.9 Å². The Bertz CT molecular complexity index is 660. The molecule has 3 nitrogen and oxygen atoms in total. The van der Waals surface area contributed by atoms with E-state index in [-0.39, 0.29) is 5.75 Å². The second-order valence-electron chi connectivity index (χ2n) is 4.33. The van der Waals surface area contributed by atoms with Crippen molar-refractivity contribution in [2.45, 2.75) is 12.4 Å². The molecule has 0 aliphatic heterocycles. The first-order valence-electron chi connectivity index (χ1n) is 6.00. The summed E-state index contributed by atoms with van der Waals surface area (Å²) in [5.74, 6) is -0.302. The normalized spacial score (nSPS) is 12.5. The van der Waals surface area contributed by atoms with Crippen LogP contribution in [0, 0.1) is 11.3 Å². The van der Waals surface area contributed by atoms with Crippen LogP contribution in [0.2, 0.25) is 0 Å². The number of benzene rings is 2. The second kappa shape index (κ2) is 5.85. The van der Waals surface area contributed by atoms with Gasteiger partial charge in [-0.05, 0) is 35.4 Å². The van der Waals surface area contributed by atoms with Gasteiger partial charge in [-0.3, -0.25) is 0 Å². The number of ether oxygens (including phenoxy) is 1. The SMILES string of the molecule is N#Cc1cccc([C@@H](N)c2ccc(OC(F)(F)F)cc2)c1. The number of nitriles is 1. The molecule has 0 aliphatic rings. The minimum absolute atomic E-state index is 0.302. The second-order valence-corrected chi connectivity index (χ2v) is 4.33. The molecule has 0 saturated carbocycles. The summed E-state index contributed by atoms with van der Waals surface area (Å²) in [4.78, 5) is 0. The summed E-state index contributed by atoms with van der Waals surface area (Å²) in [6.45, 7) is 0. The van der Waals surface area contributed by atoms with Crippen LogP contribution in [-0.2, 0) is 0 Å². The molecule has 2 rings (SSSR count). The summed E-state index contributed by atoms with van der Waals surface area (Å²) in [5, 5.41) is 8.85. The Morgan fingerprint density at radius 1 is 1.05 bits per heavy atom. The van der Waals surface area contributed by atoms with Crippen LogP contribution < -0.4 is 10.5 Å². The van der Waals surface area contributed by atoms with Gasteiger partial charge in [0.1, 0.15) is 5.75 Å². The molecule has 1 atom stereocenters. The van der Waals surface area contributed by atoms with Crippen molar-refractivity contribution in [2.24, 2.45) is 5.73 Å². The lowest BCUT2D eigenvalue weighted by molar-refractivity contribution is -0.274. The van der Waals surface area contributed by atoms with Crippen molar-refractivity contribution in [1.82, 2.24) is 0 Å². The van der Waals surface area contributed by atoms with Crippen LogP contribution in [0.5, 0.6) is 5.75 Å². The van der Waals surface area contributed by atoms with Crippen molar-refractivity contribution in [3.8, 4) is 11.8 Å². The van der Waals surface area contributed by atoms with Crippen LogP contribution in [0.15, 0.2) is 48.5 Å². The molecule has 0 spiro atoms. The summed E-state index contributed by atoms with van der Waals surface area (Å²) in [6, 6.07) is 13.6. The summed E-state index contributed by atoms with van der Waals surface area (Å²) in [7, 11) is 0. The smallest absolute Gasteiger partial charge is 0.406 e. The first kappa shape index (κ1) is 14.9. The van der Waals surface area contributed by atoms with E-state index in [1.54, 1.807) is 24.3 Å². The molecule has 0 heterocycles. The minimum Gasteiger partial charge on any atom is -0.406 e.